The summed E-state index contributed by atoms with van der Waals surface area (Å²) in [6.07, 6.45) is 5.91. The van der Waals surface area contributed by atoms with Crippen LogP contribution in [0.1, 0.15) is 26.3 Å². The van der Waals surface area contributed by atoms with Gasteiger partial charge >= 0.3 is 0 Å². The van der Waals surface area contributed by atoms with Crippen LogP contribution < -0.4 is 5.73 Å². The molecule has 0 unspecified atom stereocenters. The number of nitrogen functional groups attached to an aromatic ring is 1. The van der Waals surface area contributed by atoms with Crippen LogP contribution in [0.3, 0.4) is 0 Å². The quantitative estimate of drug-likeness (QED) is 0.795. The van der Waals surface area contributed by atoms with Gasteiger partial charge in [0.2, 0.25) is 0 Å². The van der Waals surface area contributed by atoms with Gasteiger partial charge in [0.15, 0.2) is 0 Å². The SMILES string of the molecule is CC(C)(C)c1ccn(-c2ccnc(N)c2)c1. The Hall–Kier alpha value is -1.77. The van der Waals surface area contributed by atoms with Gasteiger partial charge in [0.05, 0.1) is 5.69 Å². The number of aromatic nitrogens is 2. The number of hydrogen-bond acceptors (Lipinski definition) is 2. The summed E-state index contributed by atoms with van der Waals surface area (Å²) in [6, 6.07) is 5.95. The van der Waals surface area contributed by atoms with Crippen molar-refractivity contribution in [3.8, 4) is 5.69 Å². The van der Waals surface area contributed by atoms with Crippen molar-refractivity contribution in [2.24, 2.45) is 0 Å². The summed E-state index contributed by atoms with van der Waals surface area (Å²) in [6.45, 7) is 6.61. The van der Waals surface area contributed by atoms with E-state index >= 15 is 0 Å². The molecule has 0 fully saturated rings. The van der Waals surface area contributed by atoms with Crippen molar-refractivity contribution in [1.29, 1.82) is 0 Å². The van der Waals surface area contributed by atoms with Gasteiger partial charge in [-0.15, -0.1) is 0 Å². The first-order valence-electron chi connectivity index (χ1n) is 5.37. The molecule has 3 heteroatoms. The summed E-state index contributed by atoms with van der Waals surface area (Å²) < 4.78 is 2.07. The number of nitrogens with zero attached hydrogens (tertiary/aromatic N) is 2. The zero-order valence-corrected chi connectivity index (χ0v) is 9.94. The minimum Gasteiger partial charge on any atom is -0.384 e. The molecule has 84 valence electrons. The van der Waals surface area contributed by atoms with Gasteiger partial charge in [0.1, 0.15) is 5.82 Å². The molecule has 0 aromatic carbocycles. The first kappa shape index (κ1) is 10.7. The molecule has 0 radical (unpaired) electrons. The molecule has 0 aliphatic heterocycles. The molecule has 0 aliphatic carbocycles. The Bertz CT molecular complexity index is 492. The fourth-order valence-electron chi connectivity index (χ4n) is 1.60. The summed E-state index contributed by atoms with van der Waals surface area (Å²) >= 11 is 0. The largest absolute Gasteiger partial charge is 0.384 e. The third-order valence-electron chi connectivity index (χ3n) is 2.62. The highest BCUT2D eigenvalue weighted by atomic mass is 15.0. The summed E-state index contributed by atoms with van der Waals surface area (Å²) in [5, 5.41) is 0. The van der Waals surface area contributed by atoms with Crippen molar-refractivity contribution in [1.82, 2.24) is 9.55 Å². The van der Waals surface area contributed by atoms with E-state index in [-0.39, 0.29) is 5.41 Å². The van der Waals surface area contributed by atoms with Crippen LogP contribution in [0.2, 0.25) is 0 Å². The second kappa shape index (κ2) is 3.67. The van der Waals surface area contributed by atoms with Gasteiger partial charge in [-0.2, -0.15) is 0 Å². The van der Waals surface area contributed by atoms with Crippen LogP contribution in [0.5, 0.6) is 0 Å². The maximum Gasteiger partial charge on any atom is 0.125 e. The van der Waals surface area contributed by atoms with Crippen molar-refractivity contribution >= 4 is 5.82 Å². The maximum atomic E-state index is 5.66. The summed E-state index contributed by atoms with van der Waals surface area (Å²) in [4.78, 5) is 3.99. The van der Waals surface area contributed by atoms with Gasteiger partial charge in [0, 0.05) is 24.7 Å². The Morgan fingerprint density at radius 3 is 2.56 bits per heavy atom. The molecule has 0 aliphatic rings. The van der Waals surface area contributed by atoms with Crippen LogP contribution >= 0.6 is 0 Å². The van der Waals surface area contributed by atoms with Crippen molar-refractivity contribution in [3.63, 3.8) is 0 Å². The monoisotopic (exact) mass is 215 g/mol. The molecule has 2 heterocycles. The molecule has 2 aromatic rings. The zero-order chi connectivity index (χ0) is 11.8. The van der Waals surface area contributed by atoms with Gasteiger partial charge in [-0.3, -0.25) is 0 Å². The topological polar surface area (TPSA) is 43.8 Å². The van der Waals surface area contributed by atoms with E-state index in [0.717, 1.165) is 5.69 Å². The lowest BCUT2D eigenvalue weighted by Gasteiger charge is -2.16. The highest BCUT2D eigenvalue weighted by molar-refractivity contribution is 5.42. The zero-order valence-electron chi connectivity index (χ0n) is 9.94. The van der Waals surface area contributed by atoms with Crippen LogP contribution in [-0.4, -0.2) is 9.55 Å². The molecule has 0 amide bonds. The first-order chi connectivity index (χ1) is 7.47. The summed E-state index contributed by atoms with van der Waals surface area (Å²) in [5.41, 5.74) is 8.19. The van der Waals surface area contributed by atoms with E-state index in [0.29, 0.717) is 5.82 Å². The summed E-state index contributed by atoms with van der Waals surface area (Å²) in [5.74, 6) is 0.545. The molecule has 2 N–H and O–H groups in total. The van der Waals surface area contributed by atoms with Crippen molar-refractivity contribution in [2.45, 2.75) is 26.2 Å². The molecule has 16 heavy (non-hydrogen) atoms. The van der Waals surface area contributed by atoms with Crippen LogP contribution in [0.15, 0.2) is 36.8 Å². The molecule has 2 aromatic heterocycles. The predicted molar refractivity (Wildman–Crippen MR) is 66.7 cm³/mol. The molecule has 0 spiro atoms. The van der Waals surface area contributed by atoms with E-state index in [2.05, 4.69) is 48.8 Å². The fraction of sp³-hybridized carbons (Fsp3) is 0.308. The van der Waals surface area contributed by atoms with E-state index < -0.39 is 0 Å². The number of nitrogens with two attached hydrogens (primary N) is 1. The Balaban J connectivity index is 2.39. The molecule has 0 atom stereocenters. The summed E-state index contributed by atoms with van der Waals surface area (Å²) in [7, 11) is 0. The fourth-order valence-corrected chi connectivity index (χ4v) is 1.60. The average molecular weight is 215 g/mol. The molecule has 2 rings (SSSR count). The van der Waals surface area contributed by atoms with E-state index in [1.807, 2.05) is 12.1 Å². The van der Waals surface area contributed by atoms with E-state index in [1.54, 1.807) is 6.20 Å². The smallest absolute Gasteiger partial charge is 0.125 e. The molecular weight excluding hydrogens is 198 g/mol. The van der Waals surface area contributed by atoms with Crippen LogP contribution in [0.4, 0.5) is 5.82 Å². The second-order valence-corrected chi connectivity index (χ2v) is 5.00. The van der Waals surface area contributed by atoms with Crippen molar-refractivity contribution < 1.29 is 0 Å². The van der Waals surface area contributed by atoms with Gasteiger partial charge in [0.25, 0.3) is 0 Å². The number of hydrogen-bond donors (Lipinski definition) is 1. The number of anilines is 1. The lowest BCUT2D eigenvalue weighted by atomic mass is 9.89. The Labute approximate surface area is 95.9 Å². The minimum atomic E-state index is 0.170. The lowest BCUT2D eigenvalue weighted by molar-refractivity contribution is 0.590. The standard InChI is InChI=1S/C13H17N3/c1-13(2,3)10-5-7-16(9-10)11-4-6-15-12(14)8-11/h4-9H,1-3H3,(H2,14,15). The third kappa shape index (κ3) is 2.08. The highest BCUT2D eigenvalue weighted by Crippen LogP contribution is 2.23. The predicted octanol–water partition coefficient (Wildman–Crippen LogP) is 2.75. The highest BCUT2D eigenvalue weighted by Gasteiger charge is 2.14. The molecule has 0 bridgehead atoms. The van der Waals surface area contributed by atoms with Crippen molar-refractivity contribution in [3.05, 3.63) is 42.4 Å². The molecule has 0 saturated heterocycles. The van der Waals surface area contributed by atoms with Crippen molar-refractivity contribution in [2.75, 3.05) is 5.73 Å². The van der Waals surface area contributed by atoms with Crippen LogP contribution in [0.25, 0.3) is 5.69 Å². The minimum absolute atomic E-state index is 0.170. The van der Waals surface area contributed by atoms with E-state index in [9.17, 15) is 0 Å². The first-order valence-corrected chi connectivity index (χ1v) is 5.37. The molecule has 0 saturated carbocycles. The van der Waals surface area contributed by atoms with Gasteiger partial charge in [-0.1, -0.05) is 20.8 Å². The van der Waals surface area contributed by atoms with Gasteiger partial charge in [-0.05, 0) is 23.1 Å². The molecular formula is C13H17N3. The van der Waals surface area contributed by atoms with E-state index in [1.165, 1.54) is 5.56 Å². The maximum absolute atomic E-state index is 5.66. The number of rotatable bonds is 1. The lowest BCUT2D eigenvalue weighted by Crippen LogP contribution is -2.09. The van der Waals surface area contributed by atoms with Crippen LogP contribution in [-0.2, 0) is 5.41 Å². The third-order valence-corrected chi connectivity index (χ3v) is 2.62. The van der Waals surface area contributed by atoms with E-state index in [4.69, 9.17) is 5.73 Å². The Morgan fingerprint density at radius 1 is 1.25 bits per heavy atom. The van der Waals surface area contributed by atoms with Crippen LogP contribution in [0, 0.1) is 0 Å². The van der Waals surface area contributed by atoms with Gasteiger partial charge in [-0.25, -0.2) is 4.98 Å². The Kier molecular flexibility index (Phi) is 2.46. The molecule has 3 nitrogen and oxygen atoms in total. The Morgan fingerprint density at radius 2 is 2.00 bits per heavy atom. The number of pyridine rings is 1. The van der Waals surface area contributed by atoms with Gasteiger partial charge < -0.3 is 10.3 Å². The average Bonchev–Trinajstić information content (AvgIpc) is 2.65. The normalized spacial score (nSPS) is 11.7. The second-order valence-electron chi connectivity index (χ2n) is 5.00.